The highest BCUT2D eigenvalue weighted by Crippen LogP contribution is 2.30. The summed E-state index contributed by atoms with van der Waals surface area (Å²) in [6.45, 7) is 5.30. The molecule has 0 aromatic heterocycles. The number of fused-ring (bicyclic) bond motifs is 1. The number of ether oxygens (including phenoxy) is 1. The van der Waals surface area contributed by atoms with Crippen molar-refractivity contribution < 1.29 is 14.6 Å². The molecule has 30 heavy (non-hydrogen) atoms. The smallest absolute Gasteiger partial charge is 0.234 e. The lowest BCUT2D eigenvalue weighted by Crippen LogP contribution is -2.54. The molecule has 0 bridgehead atoms. The monoisotopic (exact) mass is 417 g/mol. The van der Waals surface area contributed by atoms with Gasteiger partial charge in [0.2, 0.25) is 5.91 Å². The van der Waals surface area contributed by atoms with E-state index in [1.807, 2.05) is 6.07 Å². The second kappa shape index (κ2) is 11.2. The Kier molecular flexibility index (Phi) is 8.33. The fourth-order valence-corrected chi connectivity index (χ4v) is 4.26. The topological polar surface area (TPSA) is 89.4 Å². The summed E-state index contributed by atoms with van der Waals surface area (Å²) >= 11 is 0. The lowest BCUT2D eigenvalue weighted by molar-refractivity contribution is -0.122. The molecule has 1 aromatic rings. The zero-order valence-electron chi connectivity index (χ0n) is 18.2. The molecule has 3 N–H and O–H groups in total. The maximum absolute atomic E-state index is 12.0. The van der Waals surface area contributed by atoms with E-state index in [-0.39, 0.29) is 5.91 Å². The highest BCUT2D eigenvalue weighted by Gasteiger charge is 2.22. The number of aliphatic imine (C=N–C) groups is 1. The molecule has 1 aromatic carbocycles. The average molecular weight is 418 g/mol. The van der Waals surface area contributed by atoms with Crippen molar-refractivity contribution in [2.75, 3.05) is 60.0 Å². The van der Waals surface area contributed by atoms with Crippen molar-refractivity contribution in [3.63, 3.8) is 0 Å². The first-order valence-electron chi connectivity index (χ1n) is 10.9. The van der Waals surface area contributed by atoms with E-state index < -0.39 is 0 Å². The zero-order chi connectivity index (χ0) is 21.3. The van der Waals surface area contributed by atoms with Crippen molar-refractivity contribution in [3.05, 3.63) is 28.8 Å². The molecule has 1 amide bonds. The second-order valence-corrected chi connectivity index (χ2v) is 7.91. The van der Waals surface area contributed by atoms with E-state index in [2.05, 4.69) is 31.5 Å². The first-order chi connectivity index (χ1) is 14.6. The number of nitrogens with zero attached hydrogens (tertiary/aromatic N) is 3. The third-order valence-corrected chi connectivity index (χ3v) is 5.93. The lowest BCUT2D eigenvalue weighted by Gasteiger charge is -2.36. The molecule has 1 saturated heterocycles. The number of methoxy groups -OCH3 is 1. The van der Waals surface area contributed by atoms with Crippen molar-refractivity contribution >= 4 is 11.9 Å². The number of hydrogen-bond donors (Lipinski definition) is 3. The number of carbonyl (C=O) groups is 1. The average Bonchev–Trinajstić information content (AvgIpc) is 2.76. The molecule has 1 aliphatic carbocycles. The Morgan fingerprint density at radius 2 is 1.93 bits per heavy atom. The Labute approximate surface area is 179 Å². The van der Waals surface area contributed by atoms with Gasteiger partial charge in [-0.3, -0.25) is 14.7 Å². The molecule has 1 heterocycles. The molecule has 2 aliphatic rings. The molecular weight excluding hydrogens is 382 g/mol. The van der Waals surface area contributed by atoms with Crippen molar-refractivity contribution in [3.8, 4) is 5.75 Å². The van der Waals surface area contributed by atoms with Crippen molar-refractivity contribution in [1.82, 2.24) is 20.4 Å². The SMILES string of the molecule is CN=C(NCc1c(O)ccc2c1CCCC2)N1CCN(CC(=O)NCCOC)CC1. The Hall–Kier alpha value is -2.32. The molecule has 3 rings (SSSR count). The fraction of sp³-hybridized carbons (Fsp3) is 0.636. The molecule has 0 radical (unpaired) electrons. The normalized spacial score (nSPS) is 17.5. The van der Waals surface area contributed by atoms with E-state index in [1.54, 1.807) is 14.2 Å². The molecule has 8 nitrogen and oxygen atoms in total. The number of phenols is 1. The van der Waals surface area contributed by atoms with Crippen LogP contribution in [0.1, 0.15) is 29.5 Å². The number of carbonyl (C=O) groups excluding carboxylic acids is 1. The quantitative estimate of drug-likeness (QED) is 0.344. The molecule has 1 aliphatic heterocycles. The Morgan fingerprint density at radius 3 is 2.67 bits per heavy atom. The van der Waals surface area contributed by atoms with Gasteiger partial charge in [0.1, 0.15) is 5.75 Å². The first kappa shape index (κ1) is 22.4. The van der Waals surface area contributed by atoms with Crippen LogP contribution in [0, 0.1) is 0 Å². The van der Waals surface area contributed by atoms with Crippen molar-refractivity contribution in [2.24, 2.45) is 4.99 Å². The van der Waals surface area contributed by atoms with E-state index in [4.69, 9.17) is 4.74 Å². The van der Waals surface area contributed by atoms with Crippen LogP contribution in [0.2, 0.25) is 0 Å². The van der Waals surface area contributed by atoms with Gasteiger partial charge in [-0.2, -0.15) is 0 Å². The predicted molar refractivity (Wildman–Crippen MR) is 118 cm³/mol. The van der Waals surface area contributed by atoms with Gasteiger partial charge in [0.05, 0.1) is 13.2 Å². The van der Waals surface area contributed by atoms with Gasteiger partial charge in [-0.15, -0.1) is 0 Å². The number of benzene rings is 1. The van der Waals surface area contributed by atoms with Gasteiger partial charge in [-0.25, -0.2) is 0 Å². The Morgan fingerprint density at radius 1 is 1.17 bits per heavy atom. The molecular formula is C22H35N5O3. The minimum Gasteiger partial charge on any atom is -0.508 e. The van der Waals surface area contributed by atoms with Gasteiger partial charge in [0.25, 0.3) is 0 Å². The number of nitrogens with one attached hydrogen (secondary N) is 2. The van der Waals surface area contributed by atoms with Crippen LogP contribution in [-0.4, -0.2) is 86.8 Å². The summed E-state index contributed by atoms with van der Waals surface area (Å²) in [5, 5.41) is 16.7. The summed E-state index contributed by atoms with van der Waals surface area (Å²) in [4.78, 5) is 20.8. The molecule has 0 unspecified atom stereocenters. The van der Waals surface area contributed by atoms with Crippen LogP contribution in [0.4, 0.5) is 0 Å². The van der Waals surface area contributed by atoms with Crippen LogP contribution in [0.3, 0.4) is 0 Å². The number of hydrogen-bond acceptors (Lipinski definition) is 5. The predicted octanol–water partition coefficient (Wildman–Crippen LogP) is 0.727. The van der Waals surface area contributed by atoms with E-state index in [0.717, 1.165) is 50.5 Å². The molecule has 1 fully saturated rings. The summed E-state index contributed by atoms with van der Waals surface area (Å²) in [6.07, 6.45) is 4.53. The van der Waals surface area contributed by atoms with Crippen LogP contribution in [0.5, 0.6) is 5.75 Å². The third kappa shape index (κ3) is 5.86. The van der Waals surface area contributed by atoms with Crippen molar-refractivity contribution in [2.45, 2.75) is 32.2 Å². The number of guanidine groups is 1. The van der Waals surface area contributed by atoms with E-state index >= 15 is 0 Å². The summed E-state index contributed by atoms with van der Waals surface area (Å²) in [6, 6.07) is 3.88. The molecule has 0 saturated carbocycles. The fourth-order valence-electron chi connectivity index (χ4n) is 4.26. The van der Waals surface area contributed by atoms with E-state index in [1.165, 1.54) is 24.0 Å². The van der Waals surface area contributed by atoms with Crippen LogP contribution < -0.4 is 10.6 Å². The summed E-state index contributed by atoms with van der Waals surface area (Å²) in [7, 11) is 3.42. The minimum atomic E-state index is 0.0346. The number of amides is 1. The van der Waals surface area contributed by atoms with Gasteiger partial charge in [0, 0.05) is 59.0 Å². The maximum Gasteiger partial charge on any atom is 0.234 e. The lowest BCUT2D eigenvalue weighted by atomic mass is 9.88. The maximum atomic E-state index is 12.0. The third-order valence-electron chi connectivity index (χ3n) is 5.93. The van der Waals surface area contributed by atoms with E-state index in [0.29, 0.717) is 32.0 Å². The van der Waals surface area contributed by atoms with Crippen LogP contribution >= 0.6 is 0 Å². The number of aryl methyl sites for hydroxylation is 1. The molecule has 0 atom stereocenters. The van der Waals surface area contributed by atoms with Gasteiger partial charge in [0.15, 0.2) is 5.96 Å². The molecule has 0 spiro atoms. The Bertz CT molecular complexity index is 745. The first-order valence-corrected chi connectivity index (χ1v) is 10.9. The van der Waals surface area contributed by atoms with Gasteiger partial charge >= 0.3 is 0 Å². The highest BCUT2D eigenvalue weighted by atomic mass is 16.5. The summed E-state index contributed by atoms with van der Waals surface area (Å²) < 4.78 is 4.96. The minimum absolute atomic E-state index is 0.0346. The van der Waals surface area contributed by atoms with Crippen LogP contribution in [-0.2, 0) is 28.9 Å². The largest absolute Gasteiger partial charge is 0.508 e. The van der Waals surface area contributed by atoms with Gasteiger partial charge in [-0.05, 0) is 42.9 Å². The molecule has 8 heteroatoms. The van der Waals surface area contributed by atoms with Crippen molar-refractivity contribution in [1.29, 1.82) is 0 Å². The summed E-state index contributed by atoms with van der Waals surface area (Å²) in [5.74, 6) is 1.24. The number of aromatic hydroxyl groups is 1. The van der Waals surface area contributed by atoms with Gasteiger partial charge in [-0.1, -0.05) is 6.07 Å². The standard InChI is InChI=1S/C22H35N5O3/c1-23-22(25-15-19-18-6-4-3-5-17(18)7-8-20(19)28)27-12-10-26(11-13-27)16-21(29)24-9-14-30-2/h7-8,28H,3-6,9-16H2,1-2H3,(H,23,25)(H,24,29). The zero-order valence-corrected chi connectivity index (χ0v) is 18.2. The van der Waals surface area contributed by atoms with Gasteiger partial charge < -0.3 is 25.4 Å². The second-order valence-electron chi connectivity index (χ2n) is 7.91. The van der Waals surface area contributed by atoms with E-state index in [9.17, 15) is 9.90 Å². The highest BCUT2D eigenvalue weighted by molar-refractivity contribution is 5.80. The number of piperazine rings is 1. The number of phenolic OH excluding ortho intramolecular Hbond substituents is 1. The summed E-state index contributed by atoms with van der Waals surface area (Å²) in [5.41, 5.74) is 3.66. The van der Waals surface area contributed by atoms with Crippen LogP contribution in [0.25, 0.3) is 0 Å². The Balaban J connectivity index is 1.50. The van der Waals surface area contributed by atoms with Crippen LogP contribution in [0.15, 0.2) is 17.1 Å². The molecule has 166 valence electrons. The number of rotatable bonds is 7.